The van der Waals surface area contributed by atoms with Gasteiger partial charge in [-0.05, 0) is 25.0 Å². The monoisotopic (exact) mass is 483 g/mol. The smallest absolute Gasteiger partial charge is 0.259 e. The van der Waals surface area contributed by atoms with E-state index in [4.69, 9.17) is 11.6 Å². The molecule has 2 aromatic heterocycles. The van der Waals surface area contributed by atoms with E-state index in [-0.39, 0.29) is 24.0 Å². The number of hydrogen-bond acceptors (Lipinski definition) is 6. The third-order valence-corrected chi connectivity index (χ3v) is 7.00. The summed E-state index contributed by atoms with van der Waals surface area (Å²) >= 11 is 6.28. The summed E-state index contributed by atoms with van der Waals surface area (Å²) in [6.07, 6.45) is 4.23. The Morgan fingerprint density at radius 3 is 2.48 bits per heavy atom. The highest BCUT2D eigenvalue weighted by Crippen LogP contribution is 2.27. The van der Waals surface area contributed by atoms with Crippen LogP contribution in [0, 0.1) is 0 Å². The lowest BCUT2D eigenvalue weighted by molar-refractivity contribution is 0.331. The Labute approximate surface area is 191 Å². The molecule has 0 amide bonds. The third kappa shape index (κ3) is 4.85. The highest BCUT2D eigenvalue weighted by atomic mass is 35.5. The molecule has 1 fully saturated rings. The highest BCUT2D eigenvalue weighted by molar-refractivity contribution is 7.88. The van der Waals surface area contributed by atoms with Gasteiger partial charge in [0.25, 0.3) is 5.56 Å². The molecule has 0 radical (unpaired) electrons. The summed E-state index contributed by atoms with van der Waals surface area (Å²) in [5, 5.41) is 4.50. The topological polar surface area (TPSA) is 97.2 Å². The zero-order valence-electron chi connectivity index (χ0n) is 17.1. The summed E-state index contributed by atoms with van der Waals surface area (Å²) in [6, 6.07) is 9.04. The van der Waals surface area contributed by atoms with Crippen LogP contribution in [0.5, 0.6) is 0 Å². The van der Waals surface area contributed by atoms with E-state index in [0.29, 0.717) is 53.7 Å². The number of aromatic nitrogens is 3. The van der Waals surface area contributed by atoms with Crippen molar-refractivity contribution >= 4 is 51.0 Å². The van der Waals surface area contributed by atoms with Crippen molar-refractivity contribution in [3.8, 4) is 11.1 Å². The number of hydrogen-bond donors (Lipinski definition) is 1. The summed E-state index contributed by atoms with van der Waals surface area (Å²) in [6.45, 7) is 0.924. The average Bonchev–Trinajstić information content (AvgIpc) is 2.71. The van der Waals surface area contributed by atoms with Gasteiger partial charge >= 0.3 is 0 Å². The molecule has 1 aromatic carbocycles. The predicted octanol–water partition coefficient (Wildman–Crippen LogP) is 2.91. The van der Waals surface area contributed by atoms with Crippen molar-refractivity contribution in [2.75, 3.05) is 24.7 Å². The van der Waals surface area contributed by atoms with Gasteiger partial charge in [0.15, 0.2) is 0 Å². The summed E-state index contributed by atoms with van der Waals surface area (Å²) in [5.74, 6) is 0.417. The van der Waals surface area contributed by atoms with Crippen LogP contribution >= 0.6 is 24.0 Å². The minimum atomic E-state index is -3.16. The van der Waals surface area contributed by atoms with Crippen LogP contribution in [0.3, 0.4) is 0 Å². The molecule has 0 bridgehead atoms. The van der Waals surface area contributed by atoms with E-state index in [1.807, 2.05) is 18.2 Å². The Morgan fingerprint density at radius 1 is 1.16 bits per heavy atom. The zero-order chi connectivity index (χ0) is 21.5. The van der Waals surface area contributed by atoms with Gasteiger partial charge in [-0.1, -0.05) is 29.8 Å². The second-order valence-electron chi connectivity index (χ2n) is 7.46. The highest BCUT2D eigenvalue weighted by Gasteiger charge is 2.25. The molecule has 1 N–H and O–H groups in total. The molecule has 0 aliphatic carbocycles. The SMILES string of the molecule is Cl.Cn1c(=O)c(-c2ccccc2Cl)cc2cnc(NC3CCN(S(C)(=O)=O)CC3)nc21. The van der Waals surface area contributed by atoms with E-state index in [2.05, 4.69) is 15.3 Å². The van der Waals surface area contributed by atoms with Crippen molar-refractivity contribution in [2.45, 2.75) is 18.9 Å². The Balaban J connectivity index is 0.00000272. The molecule has 4 rings (SSSR count). The predicted molar refractivity (Wildman–Crippen MR) is 126 cm³/mol. The second kappa shape index (κ2) is 9.12. The van der Waals surface area contributed by atoms with Gasteiger partial charge in [0.2, 0.25) is 16.0 Å². The van der Waals surface area contributed by atoms with E-state index < -0.39 is 10.0 Å². The van der Waals surface area contributed by atoms with Crippen molar-refractivity contribution < 1.29 is 8.42 Å². The number of aryl methyl sites for hydroxylation is 1. The number of anilines is 1. The summed E-state index contributed by atoms with van der Waals surface area (Å²) in [7, 11) is -1.49. The lowest BCUT2D eigenvalue weighted by Gasteiger charge is -2.30. The molecule has 11 heteroatoms. The van der Waals surface area contributed by atoms with Crippen LogP contribution < -0.4 is 10.9 Å². The first-order valence-corrected chi connectivity index (χ1v) is 11.8. The van der Waals surface area contributed by atoms with Gasteiger partial charge in [0.1, 0.15) is 5.65 Å². The molecule has 31 heavy (non-hydrogen) atoms. The van der Waals surface area contributed by atoms with Gasteiger partial charge in [-0.15, -0.1) is 12.4 Å². The van der Waals surface area contributed by atoms with Gasteiger partial charge in [-0.2, -0.15) is 4.98 Å². The van der Waals surface area contributed by atoms with Crippen LogP contribution in [0.15, 0.2) is 41.3 Å². The van der Waals surface area contributed by atoms with Crippen LogP contribution in [-0.4, -0.2) is 52.6 Å². The Morgan fingerprint density at radius 2 is 1.84 bits per heavy atom. The largest absolute Gasteiger partial charge is 0.351 e. The lowest BCUT2D eigenvalue weighted by Crippen LogP contribution is -2.42. The number of nitrogens with zero attached hydrogens (tertiary/aromatic N) is 4. The maximum atomic E-state index is 12.9. The maximum Gasteiger partial charge on any atom is 0.259 e. The fraction of sp³-hybridized carbons (Fsp3) is 0.350. The molecule has 1 aliphatic rings. The fourth-order valence-corrected chi connectivity index (χ4v) is 4.81. The third-order valence-electron chi connectivity index (χ3n) is 5.37. The number of pyridine rings is 1. The first-order valence-electron chi connectivity index (χ1n) is 9.57. The molecule has 3 aromatic rings. The molecule has 0 spiro atoms. The molecule has 0 saturated carbocycles. The Bertz CT molecular complexity index is 1270. The first kappa shape index (κ1) is 23.5. The van der Waals surface area contributed by atoms with E-state index in [9.17, 15) is 13.2 Å². The van der Waals surface area contributed by atoms with Gasteiger partial charge in [0.05, 0.1) is 6.26 Å². The van der Waals surface area contributed by atoms with Crippen molar-refractivity contribution in [2.24, 2.45) is 7.05 Å². The van der Waals surface area contributed by atoms with Gasteiger partial charge < -0.3 is 5.32 Å². The van der Waals surface area contributed by atoms with E-state index in [1.165, 1.54) is 15.1 Å². The van der Waals surface area contributed by atoms with E-state index in [0.717, 1.165) is 5.39 Å². The number of rotatable bonds is 4. The van der Waals surface area contributed by atoms with Crippen LogP contribution in [0.1, 0.15) is 12.8 Å². The Hall–Kier alpha value is -2.20. The van der Waals surface area contributed by atoms with Crippen LogP contribution in [0.25, 0.3) is 22.2 Å². The quantitative estimate of drug-likeness (QED) is 0.612. The second-order valence-corrected chi connectivity index (χ2v) is 9.84. The number of sulfonamides is 1. The molecule has 0 unspecified atom stereocenters. The molecule has 1 saturated heterocycles. The molecular formula is C20H23Cl2N5O3S. The lowest BCUT2D eigenvalue weighted by atomic mass is 10.1. The van der Waals surface area contributed by atoms with Crippen LogP contribution in [0.4, 0.5) is 5.95 Å². The van der Waals surface area contributed by atoms with Crippen molar-refractivity contribution in [3.63, 3.8) is 0 Å². The fourth-order valence-electron chi connectivity index (χ4n) is 3.70. The standard InChI is InChI=1S/C20H22ClN5O3S.ClH/c1-25-18-13(11-16(19(25)27)15-5-3-4-6-17(15)21)12-22-20(24-18)23-14-7-9-26(10-8-14)30(2,28)29;/h3-6,11-12,14H,7-10H2,1-2H3,(H,22,23,24);1H. The summed E-state index contributed by atoms with van der Waals surface area (Å²) < 4.78 is 26.3. The number of halogens is 2. The van der Waals surface area contributed by atoms with Crippen molar-refractivity contribution in [3.05, 3.63) is 51.9 Å². The molecular weight excluding hydrogens is 461 g/mol. The normalized spacial score (nSPS) is 15.6. The number of piperidine rings is 1. The molecule has 1 aliphatic heterocycles. The average molecular weight is 484 g/mol. The minimum Gasteiger partial charge on any atom is -0.351 e. The molecule has 3 heterocycles. The summed E-state index contributed by atoms with van der Waals surface area (Å²) in [4.78, 5) is 21.9. The van der Waals surface area contributed by atoms with Crippen molar-refractivity contribution in [1.29, 1.82) is 0 Å². The number of fused-ring (bicyclic) bond motifs is 1. The zero-order valence-corrected chi connectivity index (χ0v) is 19.5. The Kier molecular flexibility index (Phi) is 6.90. The van der Waals surface area contributed by atoms with E-state index >= 15 is 0 Å². The number of benzene rings is 1. The first-order chi connectivity index (χ1) is 14.2. The van der Waals surface area contributed by atoms with Crippen LogP contribution in [0.2, 0.25) is 5.02 Å². The van der Waals surface area contributed by atoms with Crippen molar-refractivity contribution in [1.82, 2.24) is 18.8 Å². The maximum absolute atomic E-state index is 12.9. The minimum absolute atomic E-state index is 0. The molecule has 0 atom stereocenters. The number of nitrogens with one attached hydrogen (secondary N) is 1. The van der Waals surface area contributed by atoms with E-state index in [1.54, 1.807) is 25.4 Å². The molecule has 166 valence electrons. The van der Waals surface area contributed by atoms with Crippen LogP contribution in [-0.2, 0) is 17.1 Å². The molecule has 8 nitrogen and oxygen atoms in total. The van der Waals surface area contributed by atoms with Gasteiger partial charge in [0, 0.05) is 53.9 Å². The summed E-state index contributed by atoms with van der Waals surface area (Å²) in [5.41, 5.74) is 1.48. The van der Waals surface area contributed by atoms with Gasteiger partial charge in [-0.25, -0.2) is 17.7 Å². The van der Waals surface area contributed by atoms with Gasteiger partial charge in [-0.3, -0.25) is 9.36 Å².